The van der Waals surface area contributed by atoms with Crippen LogP contribution in [0.15, 0.2) is 30.3 Å². The standard InChI is InChI=1S/C18H24N6O3/c1-14-17(24(26)27)18(21(2)20-14)23-10-8-22(9-11-23)13-16(25)19-12-15-6-4-3-5-7-15/h3-7H,8-13H2,1-2H3,(H,19,25). The Hall–Kier alpha value is -2.94. The number of amides is 1. The number of aryl methyl sites for hydroxylation is 2. The first-order valence-electron chi connectivity index (χ1n) is 8.91. The van der Waals surface area contributed by atoms with Crippen LogP contribution in [0, 0.1) is 17.0 Å². The van der Waals surface area contributed by atoms with Crippen molar-refractivity contribution in [3.63, 3.8) is 0 Å². The third-order valence-electron chi connectivity index (χ3n) is 4.72. The average molecular weight is 372 g/mol. The van der Waals surface area contributed by atoms with Gasteiger partial charge < -0.3 is 10.2 Å². The van der Waals surface area contributed by atoms with E-state index in [2.05, 4.69) is 15.3 Å². The summed E-state index contributed by atoms with van der Waals surface area (Å²) < 4.78 is 1.57. The SMILES string of the molecule is Cc1nn(C)c(N2CCN(CC(=O)NCc3ccccc3)CC2)c1[N+](=O)[O-]. The van der Waals surface area contributed by atoms with Crippen molar-refractivity contribution in [3.05, 3.63) is 51.7 Å². The largest absolute Gasteiger partial charge is 0.351 e. The summed E-state index contributed by atoms with van der Waals surface area (Å²) in [5.74, 6) is 0.514. The Bertz CT molecular complexity index is 812. The number of rotatable bonds is 6. The Morgan fingerprint density at radius 1 is 1.22 bits per heavy atom. The second-order valence-electron chi connectivity index (χ2n) is 6.66. The van der Waals surface area contributed by atoms with Crippen LogP contribution >= 0.6 is 0 Å². The van der Waals surface area contributed by atoms with E-state index >= 15 is 0 Å². The minimum absolute atomic E-state index is 0.0188. The Morgan fingerprint density at radius 3 is 2.52 bits per heavy atom. The molecule has 0 saturated carbocycles. The lowest BCUT2D eigenvalue weighted by molar-refractivity contribution is -0.384. The second kappa shape index (κ2) is 8.17. The Morgan fingerprint density at radius 2 is 1.89 bits per heavy atom. The van der Waals surface area contributed by atoms with Gasteiger partial charge in [-0.2, -0.15) is 5.10 Å². The molecule has 0 atom stereocenters. The van der Waals surface area contributed by atoms with Crippen molar-refractivity contribution >= 4 is 17.4 Å². The monoisotopic (exact) mass is 372 g/mol. The lowest BCUT2D eigenvalue weighted by Crippen LogP contribution is -2.50. The maximum absolute atomic E-state index is 12.2. The van der Waals surface area contributed by atoms with Crippen LogP contribution in [0.4, 0.5) is 11.5 Å². The normalized spacial score (nSPS) is 15.0. The molecular formula is C18H24N6O3. The van der Waals surface area contributed by atoms with E-state index in [-0.39, 0.29) is 16.5 Å². The highest BCUT2D eigenvalue weighted by Gasteiger charge is 2.30. The van der Waals surface area contributed by atoms with Crippen molar-refractivity contribution in [1.29, 1.82) is 0 Å². The summed E-state index contributed by atoms with van der Waals surface area (Å²) in [6.45, 7) is 5.06. The van der Waals surface area contributed by atoms with Gasteiger partial charge in [-0.25, -0.2) is 4.68 Å². The van der Waals surface area contributed by atoms with E-state index in [1.807, 2.05) is 35.2 Å². The maximum atomic E-state index is 12.2. The van der Waals surface area contributed by atoms with Gasteiger partial charge in [0.2, 0.25) is 11.7 Å². The van der Waals surface area contributed by atoms with E-state index < -0.39 is 0 Å². The molecule has 0 bridgehead atoms. The third kappa shape index (κ3) is 4.43. The van der Waals surface area contributed by atoms with Crippen LogP contribution in [0.1, 0.15) is 11.3 Å². The second-order valence-corrected chi connectivity index (χ2v) is 6.66. The number of benzene rings is 1. The fourth-order valence-electron chi connectivity index (χ4n) is 3.38. The minimum atomic E-state index is -0.374. The number of anilines is 1. The summed E-state index contributed by atoms with van der Waals surface area (Å²) in [5, 5.41) is 18.5. The molecule has 144 valence electrons. The van der Waals surface area contributed by atoms with Crippen molar-refractivity contribution in [2.75, 3.05) is 37.6 Å². The number of carbonyl (C=O) groups is 1. The van der Waals surface area contributed by atoms with Gasteiger partial charge in [0.1, 0.15) is 5.69 Å². The minimum Gasteiger partial charge on any atom is -0.351 e. The molecule has 1 amide bonds. The van der Waals surface area contributed by atoms with Gasteiger partial charge in [0.05, 0.1) is 11.5 Å². The highest BCUT2D eigenvalue weighted by Crippen LogP contribution is 2.31. The van der Waals surface area contributed by atoms with Crippen molar-refractivity contribution in [2.45, 2.75) is 13.5 Å². The first-order chi connectivity index (χ1) is 13.0. The van der Waals surface area contributed by atoms with Crippen molar-refractivity contribution in [2.24, 2.45) is 7.05 Å². The van der Waals surface area contributed by atoms with Gasteiger partial charge in [-0.3, -0.25) is 19.8 Å². The van der Waals surface area contributed by atoms with E-state index in [0.717, 1.165) is 5.56 Å². The van der Waals surface area contributed by atoms with Crippen LogP contribution in [0.5, 0.6) is 0 Å². The van der Waals surface area contributed by atoms with Gasteiger partial charge in [0.25, 0.3) is 0 Å². The Labute approximate surface area is 157 Å². The van der Waals surface area contributed by atoms with Gasteiger partial charge in [0.15, 0.2) is 0 Å². The predicted molar refractivity (Wildman–Crippen MR) is 102 cm³/mol. The van der Waals surface area contributed by atoms with E-state index in [4.69, 9.17) is 0 Å². The van der Waals surface area contributed by atoms with Crippen molar-refractivity contribution in [3.8, 4) is 0 Å². The first-order valence-corrected chi connectivity index (χ1v) is 8.91. The topological polar surface area (TPSA) is 96.5 Å². The van der Waals surface area contributed by atoms with Crippen LogP contribution in [0.3, 0.4) is 0 Å². The zero-order chi connectivity index (χ0) is 19.4. The predicted octanol–water partition coefficient (Wildman–Crippen LogP) is 1.08. The van der Waals surface area contributed by atoms with Crippen LogP contribution in [0.2, 0.25) is 0 Å². The van der Waals surface area contributed by atoms with Gasteiger partial charge in [-0.15, -0.1) is 0 Å². The summed E-state index contributed by atoms with van der Waals surface area (Å²) in [5.41, 5.74) is 1.54. The van der Waals surface area contributed by atoms with E-state index in [1.54, 1.807) is 18.7 Å². The number of nitro groups is 1. The molecule has 0 aliphatic carbocycles. The highest BCUT2D eigenvalue weighted by atomic mass is 16.6. The molecule has 2 aromatic rings. The molecule has 0 spiro atoms. The number of hydrogen-bond acceptors (Lipinski definition) is 6. The maximum Gasteiger partial charge on any atom is 0.333 e. The third-order valence-corrected chi connectivity index (χ3v) is 4.72. The molecule has 0 radical (unpaired) electrons. The van der Waals surface area contributed by atoms with Crippen molar-refractivity contribution < 1.29 is 9.72 Å². The molecule has 1 aromatic heterocycles. The quantitative estimate of drug-likeness (QED) is 0.602. The average Bonchev–Trinajstić information content (AvgIpc) is 2.96. The molecule has 3 rings (SSSR count). The number of aromatic nitrogens is 2. The first kappa shape index (κ1) is 18.8. The number of piperazine rings is 1. The summed E-state index contributed by atoms with van der Waals surface area (Å²) >= 11 is 0. The number of hydrogen-bond donors (Lipinski definition) is 1. The van der Waals surface area contributed by atoms with Crippen LogP contribution < -0.4 is 10.2 Å². The van der Waals surface area contributed by atoms with E-state index in [1.165, 1.54) is 0 Å². The summed E-state index contributed by atoms with van der Waals surface area (Å²) in [7, 11) is 1.72. The van der Waals surface area contributed by atoms with E-state index in [0.29, 0.717) is 50.8 Å². The van der Waals surface area contributed by atoms with Gasteiger partial charge in [-0.1, -0.05) is 30.3 Å². The molecule has 2 heterocycles. The molecule has 1 saturated heterocycles. The molecule has 1 aromatic carbocycles. The highest BCUT2D eigenvalue weighted by molar-refractivity contribution is 5.78. The molecule has 27 heavy (non-hydrogen) atoms. The molecule has 9 nitrogen and oxygen atoms in total. The fraction of sp³-hybridized carbons (Fsp3) is 0.444. The molecule has 1 N–H and O–H groups in total. The Balaban J connectivity index is 1.52. The summed E-state index contributed by atoms with van der Waals surface area (Å²) in [4.78, 5) is 27.2. The number of nitrogens with one attached hydrogen (secondary N) is 1. The lowest BCUT2D eigenvalue weighted by atomic mass is 10.2. The fourth-order valence-corrected chi connectivity index (χ4v) is 3.38. The Kier molecular flexibility index (Phi) is 5.70. The van der Waals surface area contributed by atoms with Crippen LogP contribution in [-0.2, 0) is 18.4 Å². The zero-order valence-electron chi connectivity index (χ0n) is 15.6. The molecular weight excluding hydrogens is 348 g/mol. The van der Waals surface area contributed by atoms with E-state index in [9.17, 15) is 14.9 Å². The molecule has 1 fully saturated rings. The number of carbonyl (C=O) groups excluding carboxylic acids is 1. The molecule has 0 unspecified atom stereocenters. The van der Waals surface area contributed by atoms with Crippen LogP contribution in [-0.4, -0.2) is 58.2 Å². The summed E-state index contributed by atoms with van der Waals surface area (Å²) in [6, 6.07) is 9.78. The molecule has 1 aliphatic rings. The van der Waals surface area contributed by atoms with Gasteiger partial charge in [0, 0.05) is 39.8 Å². The smallest absolute Gasteiger partial charge is 0.333 e. The van der Waals surface area contributed by atoms with Crippen molar-refractivity contribution in [1.82, 2.24) is 20.0 Å². The lowest BCUT2D eigenvalue weighted by Gasteiger charge is -2.34. The van der Waals surface area contributed by atoms with Crippen LogP contribution in [0.25, 0.3) is 0 Å². The summed E-state index contributed by atoms with van der Waals surface area (Å²) in [6.07, 6.45) is 0. The van der Waals surface area contributed by atoms with Gasteiger partial charge in [-0.05, 0) is 12.5 Å². The zero-order valence-corrected chi connectivity index (χ0v) is 15.6. The molecule has 9 heteroatoms. The number of nitrogens with zero attached hydrogens (tertiary/aromatic N) is 5. The molecule has 1 aliphatic heterocycles. The van der Waals surface area contributed by atoms with Gasteiger partial charge >= 0.3 is 5.69 Å².